The zero-order valence-electron chi connectivity index (χ0n) is 16.1. The molecule has 0 N–H and O–H groups in total. The fourth-order valence-electron chi connectivity index (χ4n) is 3.56. The van der Waals surface area contributed by atoms with E-state index >= 15 is 0 Å². The van der Waals surface area contributed by atoms with E-state index in [2.05, 4.69) is 101 Å². The van der Waals surface area contributed by atoms with Gasteiger partial charge in [0.2, 0.25) is 0 Å². The fraction of sp³-hybridized carbons (Fsp3) is 0.250. The van der Waals surface area contributed by atoms with Crippen LogP contribution in [0.1, 0.15) is 33.4 Å². The molecule has 0 saturated heterocycles. The van der Waals surface area contributed by atoms with Gasteiger partial charge >= 0.3 is 0 Å². The topological polar surface area (TPSA) is 3.24 Å². The van der Waals surface area contributed by atoms with Crippen molar-refractivity contribution in [3.8, 4) is 0 Å². The van der Waals surface area contributed by atoms with E-state index in [0.717, 1.165) is 0 Å². The molecule has 1 heteroatoms. The molecule has 0 bridgehead atoms. The van der Waals surface area contributed by atoms with Gasteiger partial charge < -0.3 is 4.90 Å². The predicted molar refractivity (Wildman–Crippen MR) is 110 cm³/mol. The average Bonchev–Trinajstić information content (AvgIpc) is 2.52. The number of hydrogen-bond donors (Lipinski definition) is 0. The molecule has 0 atom stereocenters. The number of rotatable bonds is 3. The van der Waals surface area contributed by atoms with Gasteiger partial charge in [-0.1, -0.05) is 53.1 Å². The Hall–Kier alpha value is -2.54. The monoisotopic (exact) mass is 329 g/mol. The molecule has 0 amide bonds. The molecule has 0 radical (unpaired) electrons. The van der Waals surface area contributed by atoms with Gasteiger partial charge in [-0.15, -0.1) is 0 Å². The molecular formula is C24H27N. The van der Waals surface area contributed by atoms with Crippen molar-refractivity contribution in [1.82, 2.24) is 0 Å². The molecule has 3 rings (SSSR count). The van der Waals surface area contributed by atoms with E-state index in [1.165, 1.54) is 50.4 Å². The summed E-state index contributed by atoms with van der Waals surface area (Å²) in [7, 11) is 0. The molecule has 0 heterocycles. The smallest absolute Gasteiger partial charge is 0.0491 e. The number of nitrogens with zero attached hydrogens (tertiary/aromatic N) is 1. The largest absolute Gasteiger partial charge is 0.310 e. The maximum absolute atomic E-state index is 2.40. The van der Waals surface area contributed by atoms with Crippen molar-refractivity contribution in [2.75, 3.05) is 4.90 Å². The average molecular weight is 329 g/mol. The molecule has 0 unspecified atom stereocenters. The van der Waals surface area contributed by atoms with Crippen LogP contribution in [0.15, 0.2) is 54.6 Å². The van der Waals surface area contributed by atoms with Crippen LogP contribution in [0.5, 0.6) is 0 Å². The molecule has 128 valence electrons. The van der Waals surface area contributed by atoms with E-state index < -0.39 is 0 Å². The lowest BCUT2D eigenvalue weighted by atomic mass is 10.0. The Morgan fingerprint density at radius 2 is 0.720 bits per heavy atom. The first-order chi connectivity index (χ1) is 11.9. The lowest BCUT2D eigenvalue weighted by molar-refractivity contribution is 1.19. The summed E-state index contributed by atoms with van der Waals surface area (Å²) >= 11 is 0. The summed E-state index contributed by atoms with van der Waals surface area (Å²) in [5, 5.41) is 0. The first-order valence-electron chi connectivity index (χ1n) is 8.88. The SMILES string of the molecule is Cc1ccc(N(c2ccc(C)cc2C)c2ccc(C)cc2C)c(C)c1. The third-order valence-electron chi connectivity index (χ3n) is 4.78. The van der Waals surface area contributed by atoms with Gasteiger partial charge in [0.1, 0.15) is 0 Å². The van der Waals surface area contributed by atoms with E-state index in [-0.39, 0.29) is 0 Å². The molecule has 3 aromatic rings. The minimum atomic E-state index is 1.24. The van der Waals surface area contributed by atoms with Crippen LogP contribution in [0, 0.1) is 41.5 Å². The van der Waals surface area contributed by atoms with E-state index in [4.69, 9.17) is 0 Å². The number of benzene rings is 3. The molecule has 25 heavy (non-hydrogen) atoms. The second-order valence-corrected chi connectivity index (χ2v) is 7.21. The van der Waals surface area contributed by atoms with E-state index in [1.807, 2.05) is 0 Å². The highest BCUT2D eigenvalue weighted by Gasteiger charge is 2.18. The Morgan fingerprint density at radius 3 is 0.960 bits per heavy atom. The summed E-state index contributed by atoms with van der Waals surface area (Å²) in [6.45, 7) is 13.0. The molecule has 0 aromatic heterocycles. The maximum Gasteiger partial charge on any atom is 0.0491 e. The highest BCUT2D eigenvalue weighted by molar-refractivity contribution is 5.81. The first-order valence-corrected chi connectivity index (χ1v) is 8.88. The van der Waals surface area contributed by atoms with Crippen molar-refractivity contribution in [3.63, 3.8) is 0 Å². The van der Waals surface area contributed by atoms with Gasteiger partial charge in [-0.2, -0.15) is 0 Å². The van der Waals surface area contributed by atoms with Crippen molar-refractivity contribution in [2.45, 2.75) is 41.5 Å². The van der Waals surface area contributed by atoms with Crippen LogP contribution in [-0.2, 0) is 0 Å². The maximum atomic E-state index is 2.40. The second kappa shape index (κ2) is 6.76. The first kappa shape index (κ1) is 17.3. The van der Waals surface area contributed by atoms with Gasteiger partial charge in [0.15, 0.2) is 0 Å². The third kappa shape index (κ3) is 3.46. The molecule has 0 aliphatic rings. The molecular weight excluding hydrogens is 302 g/mol. The lowest BCUT2D eigenvalue weighted by Gasteiger charge is -2.30. The Kier molecular flexibility index (Phi) is 4.67. The second-order valence-electron chi connectivity index (χ2n) is 7.21. The van der Waals surface area contributed by atoms with Crippen LogP contribution in [-0.4, -0.2) is 0 Å². The van der Waals surface area contributed by atoms with Gasteiger partial charge in [-0.05, 0) is 76.4 Å². The summed E-state index contributed by atoms with van der Waals surface area (Å²) in [5.74, 6) is 0. The van der Waals surface area contributed by atoms with Crippen molar-refractivity contribution in [3.05, 3.63) is 88.0 Å². The van der Waals surface area contributed by atoms with Crippen molar-refractivity contribution < 1.29 is 0 Å². The number of anilines is 3. The molecule has 0 aliphatic heterocycles. The molecule has 3 aromatic carbocycles. The summed E-state index contributed by atoms with van der Waals surface area (Å²) in [4.78, 5) is 2.40. The zero-order valence-corrected chi connectivity index (χ0v) is 16.1. The Bertz CT molecular complexity index is 799. The molecule has 0 aliphatic carbocycles. The quantitative estimate of drug-likeness (QED) is 0.499. The van der Waals surface area contributed by atoms with Crippen LogP contribution in [0.2, 0.25) is 0 Å². The minimum Gasteiger partial charge on any atom is -0.310 e. The van der Waals surface area contributed by atoms with E-state index in [0.29, 0.717) is 0 Å². The van der Waals surface area contributed by atoms with Crippen molar-refractivity contribution >= 4 is 17.1 Å². The molecule has 0 fully saturated rings. The lowest BCUT2D eigenvalue weighted by Crippen LogP contribution is -2.14. The fourth-order valence-corrected chi connectivity index (χ4v) is 3.56. The van der Waals surface area contributed by atoms with Gasteiger partial charge in [0.05, 0.1) is 0 Å². The highest BCUT2D eigenvalue weighted by Crippen LogP contribution is 2.40. The minimum absolute atomic E-state index is 1.24. The van der Waals surface area contributed by atoms with Gasteiger partial charge in [-0.25, -0.2) is 0 Å². The van der Waals surface area contributed by atoms with Crippen molar-refractivity contribution in [2.24, 2.45) is 0 Å². The van der Waals surface area contributed by atoms with E-state index in [1.54, 1.807) is 0 Å². The predicted octanol–water partition coefficient (Wildman–Crippen LogP) is 7.01. The van der Waals surface area contributed by atoms with Crippen LogP contribution >= 0.6 is 0 Å². The van der Waals surface area contributed by atoms with Crippen LogP contribution < -0.4 is 4.90 Å². The van der Waals surface area contributed by atoms with Crippen LogP contribution in [0.4, 0.5) is 17.1 Å². The highest BCUT2D eigenvalue weighted by atomic mass is 15.1. The Morgan fingerprint density at radius 1 is 0.440 bits per heavy atom. The summed E-state index contributed by atoms with van der Waals surface area (Å²) < 4.78 is 0. The van der Waals surface area contributed by atoms with Crippen LogP contribution in [0.25, 0.3) is 0 Å². The number of hydrogen-bond acceptors (Lipinski definition) is 1. The molecule has 0 saturated carbocycles. The Balaban J connectivity index is 2.27. The van der Waals surface area contributed by atoms with E-state index in [9.17, 15) is 0 Å². The van der Waals surface area contributed by atoms with Crippen LogP contribution in [0.3, 0.4) is 0 Å². The van der Waals surface area contributed by atoms with Gasteiger partial charge in [0, 0.05) is 17.1 Å². The van der Waals surface area contributed by atoms with Crippen molar-refractivity contribution in [1.29, 1.82) is 0 Å². The normalized spacial score (nSPS) is 10.8. The summed E-state index contributed by atoms with van der Waals surface area (Å²) in [6.07, 6.45) is 0. The summed E-state index contributed by atoms with van der Waals surface area (Å²) in [6, 6.07) is 20.1. The standard InChI is InChI=1S/C24H27N/c1-16-7-10-22(19(4)13-16)25(23-11-8-17(2)14-20(23)5)24-12-9-18(3)15-21(24)6/h7-15H,1-6H3. The zero-order chi connectivity index (χ0) is 18.1. The van der Waals surface area contributed by atoms with Gasteiger partial charge in [-0.3, -0.25) is 0 Å². The number of aryl methyl sites for hydroxylation is 6. The molecule has 1 nitrogen and oxygen atoms in total. The molecule has 0 spiro atoms. The Labute approximate surface area is 151 Å². The third-order valence-corrected chi connectivity index (χ3v) is 4.78. The summed E-state index contributed by atoms with van der Waals surface area (Å²) in [5.41, 5.74) is 11.5. The van der Waals surface area contributed by atoms with Gasteiger partial charge in [0.25, 0.3) is 0 Å².